The van der Waals surface area contributed by atoms with Crippen LogP contribution in [0.1, 0.15) is 30.6 Å². The molecule has 0 spiro atoms. The molecule has 1 heterocycles. The largest absolute Gasteiger partial charge is 0.497 e. The van der Waals surface area contributed by atoms with Gasteiger partial charge in [-0.15, -0.1) is 0 Å². The fourth-order valence-electron chi connectivity index (χ4n) is 6.92. The minimum Gasteiger partial charge on any atom is -0.497 e. The quantitative estimate of drug-likeness (QED) is 0.123. The summed E-state index contributed by atoms with van der Waals surface area (Å²) in [4.78, 5) is 29.9. The molecule has 252 valence electrons. The molecule has 1 aliphatic rings. The van der Waals surface area contributed by atoms with E-state index in [1.54, 1.807) is 24.0 Å². The molecule has 0 bridgehead atoms. The van der Waals surface area contributed by atoms with Gasteiger partial charge in [0.05, 0.1) is 27.9 Å². The van der Waals surface area contributed by atoms with Gasteiger partial charge in [-0.05, 0) is 48.0 Å². The molecule has 4 aromatic rings. The van der Waals surface area contributed by atoms with Gasteiger partial charge in [-0.1, -0.05) is 85.9 Å². The molecule has 0 aliphatic carbocycles. The van der Waals surface area contributed by atoms with Crippen LogP contribution in [-0.4, -0.2) is 63.9 Å². The summed E-state index contributed by atoms with van der Waals surface area (Å²) in [7, 11) is 0.912. The summed E-state index contributed by atoms with van der Waals surface area (Å²) in [5, 5.41) is 11.1. The average molecular weight is 667 g/mol. The summed E-state index contributed by atoms with van der Waals surface area (Å²) in [5.74, 6) is 1.31. The van der Waals surface area contributed by atoms with Crippen molar-refractivity contribution in [2.75, 3.05) is 32.3 Å². The van der Waals surface area contributed by atoms with Gasteiger partial charge in [0, 0.05) is 55.0 Å². The first-order valence-corrected chi connectivity index (χ1v) is 19.5. The summed E-state index contributed by atoms with van der Waals surface area (Å²) in [6.07, 6.45) is 0.390. The lowest BCUT2D eigenvalue weighted by atomic mass is 9.86. The van der Waals surface area contributed by atoms with Gasteiger partial charge in [0.25, 0.3) is 0 Å². The number of hydrogen-bond donors (Lipinski definition) is 1. The first-order valence-electron chi connectivity index (χ1n) is 16.4. The fraction of sp³-hybridized carbons (Fsp3) is 0.333. The molecular weight excluding hydrogens is 621 g/mol. The van der Waals surface area contributed by atoms with Crippen molar-refractivity contribution in [2.45, 2.75) is 50.7 Å². The van der Waals surface area contributed by atoms with Crippen molar-refractivity contribution in [3.8, 4) is 11.5 Å². The number of aliphatic hydroxyl groups is 1. The third-order valence-electron chi connectivity index (χ3n) is 9.72. The molecule has 48 heavy (non-hydrogen) atoms. The molecule has 0 saturated heterocycles. The van der Waals surface area contributed by atoms with Crippen LogP contribution in [0.25, 0.3) is 0 Å². The molecule has 4 atom stereocenters. The molecule has 0 fully saturated rings. The maximum absolute atomic E-state index is 14.3. The normalized spacial score (nSPS) is 17.8. The molecule has 0 saturated carbocycles. The predicted molar refractivity (Wildman–Crippen MR) is 192 cm³/mol. The van der Waals surface area contributed by atoms with Gasteiger partial charge in [-0.25, -0.2) is 0 Å². The number of carbonyl (C=O) groups excluding carboxylic acids is 2. The van der Waals surface area contributed by atoms with E-state index in [0.29, 0.717) is 18.0 Å². The van der Waals surface area contributed by atoms with Crippen LogP contribution < -0.4 is 19.6 Å². The Bertz CT molecular complexity index is 1650. The van der Waals surface area contributed by atoms with Crippen LogP contribution in [0.3, 0.4) is 0 Å². The Hall–Kier alpha value is -4.44. The number of rotatable bonds is 14. The first kappa shape index (κ1) is 34.9. The highest BCUT2D eigenvalue weighted by atomic mass is 28.3. The van der Waals surface area contributed by atoms with E-state index in [-0.39, 0.29) is 49.1 Å². The number of para-hydroxylation sites is 1. The van der Waals surface area contributed by atoms with Crippen LogP contribution in [0.15, 0.2) is 103 Å². The minimum atomic E-state index is -2.44. The number of amides is 2. The van der Waals surface area contributed by atoms with E-state index in [1.807, 2.05) is 91.0 Å². The summed E-state index contributed by atoms with van der Waals surface area (Å²) in [6, 6.07) is 33.3. The molecule has 5 rings (SSSR count). The van der Waals surface area contributed by atoms with Crippen LogP contribution >= 0.6 is 0 Å². The number of anilines is 2. The van der Waals surface area contributed by atoms with Crippen molar-refractivity contribution >= 4 is 37.0 Å². The number of fused-ring (bicyclic) bond motifs is 1. The van der Waals surface area contributed by atoms with Gasteiger partial charge < -0.3 is 24.2 Å². The van der Waals surface area contributed by atoms with Gasteiger partial charge >= 0.3 is 0 Å². The monoisotopic (exact) mass is 666 g/mol. The Morgan fingerprint density at radius 3 is 2.21 bits per heavy atom. The summed E-state index contributed by atoms with van der Waals surface area (Å²) >= 11 is 0. The number of aliphatic hydroxyl groups excluding tert-OH is 1. The molecule has 0 aromatic heterocycles. The van der Waals surface area contributed by atoms with E-state index in [1.165, 1.54) is 5.19 Å². The molecule has 4 aromatic carbocycles. The van der Waals surface area contributed by atoms with E-state index in [9.17, 15) is 14.7 Å². The molecule has 0 radical (unpaired) electrons. The number of benzene rings is 4. The minimum absolute atomic E-state index is 0.0256. The van der Waals surface area contributed by atoms with E-state index in [2.05, 4.69) is 32.2 Å². The Labute approximate surface area is 284 Å². The Morgan fingerprint density at radius 1 is 0.938 bits per heavy atom. The Kier molecular flexibility index (Phi) is 11.4. The average Bonchev–Trinajstić information content (AvgIpc) is 3.11. The lowest BCUT2D eigenvalue weighted by Gasteiger charge is -2.46. The summed E-state index contributed by atoms with van der Waals surface area (Å²) in [5.41, 5.74) is 3.20. The van der Waals surface area contributed by atoms with Gasteiger partial charge in [-0.2, -0.15) is 0 Å². The van der Waals surface area contributed by atoms with Crippen molar-refractivity contribution in [3.05, 3.63) is 114 Å². The highest BCUT2D eigenvalue weighted by Gasteiger charge is 2.48. The van der Waals surface area contributed by atoms with Crippen molar-refractivity contribution in [1.29, 1.82) is 0 Å². The summed E-state index contributed by atoms with van der Waals surface area (Å²) < 4.78 is 18.6. The zero-order chi connectivity index (χ0) is 34.3. The number of hydrogen-bond acceptors (Lipinski definition) is 6. The van der Waals surface area contributed by atoms with Gasteiger partial charge in [-0.3, -0.25) is 14.5 Å². The highest BCUT2D eigenvalue weighted by Crippen LogP contribution is 2.48. The van der Waals surface area contributed by atoms with Crippen LogP contribution in [0.5, 0.6) is 11.5 Å². The van der Waals surface area contributed by atoms with Crippen LogP contribution in [0.4, 0.5) is 11.4 Å². The van der Waals surface area contributed by atoms with Crippen molar-refractivity contribution < 1.29 is 28.9 Å². The number of ether oxygens (including phenoxy) is 3. The Balaban J connectivity index is 1.53. The molecule has 2 amide bonds. The van der Waals surface area contributed by atoms with Crippen molar-refractivity contribution in [2.24, 2.45) is 5.92 Å². The molecule has 1 aliphatic heterocycles. The number of nitrogens with zero attached hydrogens (tertiary/aromatic N) is 2. The molecule has 9 heteroatoms. The molecule has 8 nitrogen and oxygen atoms in total. The topological polar surface area (TPSA) is 88.5 Å². The highest BCUT2D eigenvalue weighted by molar-refractivity contribution is 6.91. The van der Waals surface area contributed by atoms with Gasteiger partial charge in [0.2, 0.25) is 12.3 Å². The van der Waals surface area contributed by atoms with Crippen molar-refractivity contribution in [3.63, 3.8) is 0 Å². The number of carbonyl (C=O) groups is 2. The smallest absolute Gasteiger partial charge is 0.223 e. The van der Waals surface area contributed by atoms with Crippen LogP contribution in [-0.2, 0) is 20.9 Å². The maximum atomic E-state index is 14.3. The van der Waals surface area contributed by atoms with E-state index >= 15 is 0 Å². The van der Waals surface area contributed by atoms with E-state index in [4.69, 9.17) is 14.2 Å². The SMILES string of the molecule is COc1ccc([Si](C)(C)C(CC(=O)N(CCO)Cc2ccccc2)[C@H]2Oc3ccc(N(C=O)c4ccccc4)cc3[C@@H](OC)[C@@H]2C)cc1. The van der Waals surface area contributed by atoms with E-state index in [0.717, 1.165) is 29.0 Å². The van der Waals surface area contributed by atoms with Gasteiger partial charge in [0.15, 0.2) is 0 Å². The first-order chi connectivity index (χ1) is 23.2. The molecule has 1 N–H and O–H groups in total. The van der Waals surface area contributed by atoms with Crippen molar-refractivity contribution in [1.82, 2.24) is 4.90 Å². The lowest BCUT2D eigenvalue weighted by molar-refractivity contribution is -0.133. The standard InChI is InChI=1S/C39H46N2O6Si/c1-28-38(46-3)34-24-31(41(27-43)30-14-10-7-11-15-30)16-21-35(34)47-39(28)36(48(4,5)33-19-17-32(45-2)18-20-33)25-37(44)40(22-23-42)26-29-12-8-6-9-13-29/h6-21,24,27-28,36,38-39,42H,22-23,25-26H2,1-5H3/t28-,36?,38-,39-/m0/s1. The predicted octanol–water partition coefficient (Wildman–Crippen LogP) is 6.47. The van der Waals surface area contributed by atoms with E-state index < -0.39 is 8.07 Å². The number of methoxy groups -OCH3 is 2. The third-order valence-corrected chi connectivity index (χ3v) is 13.9. The maximum Gasteiger partial charge on any atom is 0.223 e. The third kappa shape index (κ3) is 7.49. The Morgan fingerprint density at radius 2 is 1.60 bits per heavy atom. The molecular formula is C39H46N2O6Si. The summed E-state index contributed by atoms with van der Waals surface area (Å²) in [6.45, 7) is 7.24. The van der Waals surface area contributed by atoms with Crippen LogP contribution in [0.2, 0.25) is 18.6 Å². The fourth-order valence-corrected chi connectivity index (χ4v) is 10.3. The second-order valence-corrected chi connectivity index (χ2v) is 17.7. The second-order valence-electron chi connectivity index (χ2n) is 12.9. The zero-order valence-electron chi connectivity index (χ0n) is 28.4. The molecule has 1 unspecified atom stereocenters. The van der Waals surface area contributed by atoms with Gasteiger partial charge in [0.1, 0.15) is 17.6 Å². The second kappa shape index (κ2) is 15.6. The van der Waals surface area contributed by atoms with Crippen LogP contribution in [0, 0.1) is 5.92 Å². The zero-order valence-corrected chi connectivity index (χ0v) is 29.4. The lowest BCUT2D eigenvalue weighted by Crippen LogP contribution is -2.55.